The van der Waals surface area contributed by atoms with Crippen LogP contribution in [-0.4, -0.2) is 11.0 Å². The highest BCUT2D eigenvalue weighted by molar-refractivity contribution is 5.96. The number of phenolic OH excluding ortho intramolecular Hbond substituents is 1. The summed E-state index contributed by atoms with van der Waals surface area (Å²) in [4.78, 5) is 11.6. The standard InChI is InChI=1S/C15H24N2O2/c1-5-10(2)9-15(3,4)11-6-7-13(18)12(8-11)14(19)17-16/h6-8,10,18H,5,9,16H2,1-4H3,(H,17,19). The molecule has 0 aromatic heterocycles. The van der Waals surface area contributed by atoms with Crippen LogP contribution < -0.4 is 11.3 Å². The molecule has 0 aliphatic carbocycles. The predicted octanol–water partition coefficient (Wildman–Crippen LogP) is 2.71. The van der Waals surface area contributed by atoms with E-state index in [4.69, 9.17) is 5.84 Å². The number of hydrazine groups is 1. The molecule has 0 radical (unpaired) electrons. The first-order valence-electron chi connectivity index (χ1n) is 6.66. The molecular formula is C15H24N2O2. The van der Waals surface area contributed by atoms with Gasteiger partial charge in [0.15, 0.2) is 0 Å². The lowest BCUT2D eigenvalue weighted by atomic mass is 9.76. The Morgan fingerprint density at radius 2 is 2.11 bits per heavy atom. The highest BCUT2D eigenvalue weighted by atomic mass is 16.3. The number of phenols is 1. The summed E-state index contributed by atoms with van der Waals surface area (Å²) < 4.78 is 0. The summed E-state index contributed by atoms with van der Waals surface area (Å²) >= 11 is 0. The van der Waals surface area contributed by atoms with Crippen LogP contribution in [0, 0.1) is 5.92 Å². The summed E-state index contributed by atoms with van der Waals surface area (Å²) in [5, 5.41) is 9.71. The van der Waals surface area contributed by atoms with E-state index >= 15 is 0 Å². The fraction of sp³-hybridized carbons (Fsp3) is 0.533. The molecule has 0 fully saturated rings. The predicted molar refractivity (Wildman–Crippen MR) is 76.9 cm³/mol. The Morgan fingerprint density at radius 3 is 2.63 bits per heavy atom. The number of amides is 1. The lowest BCUT2D eigenvalue weighted by molar-refractivity contribution is 0.0951. The first kappa shape index (κ1) is 15.5. The second kappa shape index (κ2) is 6.06. The zero-order valence-electron chi connectivity index (χ0n) is 12.2. The van der Waals surface area contributed by atoms with Gasteiger partial charge in [0.05, 0.1) is 5.56 Å². The zero-order chi connectivity index (χ0) is 14.6. The molecule has 4 nitrogen and oxygen atoms in total. The van der Waals surface area contributed by atoms with Crippen LogP contribution in [0.25, 0.3) is 0 Å². The second-order valence-corrected chi connectivity index (χ2v) is 5.81. The molecule has 0 aliphatic rings. The fourth-order valence-electron chi connectivity index (χ4n) is 2.35. The molecule has 106 valence electrons. The van der Waals surface area contributed by atoms with Crippen molar-refractivity contribution < 1.29 is 9.90 Å². The quantitative estimate of drug-likeness (QED) is 0.435. The Morgan fingerprint density at radius 1 is 1.47 bits per heavy atom. The highest BCUT2D eigenvalue weighted by Crippen LogP contribution is 2.33. The number of nitrogens with one attached hydrogen (secondary N) is 1. The molecule has 0 bridgehead atoms. The summed E-state index contributed by atoms with van der Waals surface area (Å²) in [5.74, 6) is 5.21. The van der Waals surface area contributed by atoms with Crippen LogP contribution >= 0.6 is 0 Å². The maximum Gasteiger partial charge on any atom is 0.268 e. The van der Waals surface area contributed by atoms with Crippen LogP contribution in [0.1, 0.15) is 56.5 Å². The van der Waals surface area contributed by atoms with Crippen molar-refractivity contribution in [1.29, 1.82) is 0 Å². The van der Waals surface area contributed by atoms with Crippen LogP contribution in [-0.2, 0) is 5.41 Å². The van der Waals surface area contributed by atoms with Crippen LogP contribution in [0.15, 0.2) is 18.2 Å². The minimum atomic E-state index is -0.473. The van der Waals surface area contributed by atoms with Crippen LogP contribution in [0.5, 0.6) is 5.75 Å². The van der Waals surface area contributed by atoms with E-state index in [0.29, 0.717) is 5.92 Å². The third-order valence-electron chi connectivity index (χ3n) is 3.71. The van der Waals surface area contributed by atoms with Gasteiger partial charge in [0.2, 0.25) is 0 Å². The number of carbonyl (C=O) groups excluding carboxylic acids is 1. The molecule has 0 saturated carbocycles. The first-order valence-corrected chi connectivity index (χ1v) is 6.66. The fourth-order valence-corrected chi connectivity index (χ4v) is 2.35. The lowest BCUT2D eigenvalue weighted by Gasteiger charge is -2.29. The summed E-state index contributed by atoms with van der Waals surface area (Å²) in [6, 6.07) is 5.14. The first-order chi connectivity index (χ1) is 8.81. The van der Waals surface area contributed by atoms with Gasteiger partial charge >= 0.3 is 0 Å². The van der Waals surface area contributed by atoms with Crippen molar-refractivity contribution in [1.82, 2.24) is 5.43 Å². The van der Waals surface area contributed by atoms with E-state index in [1.807, 2.05) is 6.07 Å². The Bertz CT molecular complexity index is 455. The number of nitrogen functional groups attached to an aromatic ring is 1. The molecule has 0 aliphatic heterocycles. The minimum absolute atomic E-state index is 0.0489. The minimum Gasteiger partial charge on any atom is -0.507 e. The van der Waals surface area contributed by atoms with E-state index in [0.717, 1.165) is 18.4 Å². The van der Waals surface area contributed by atoms with Crippen molar-refractivity contribution in [3.05, 3.63) is 29.3 Å². The maximum atomic E-state index is 11.6. The third kappa shape index (κ3) is 3.70. The Hall–Kier alpha value is -1.55. The topological polar surface area (TPSA) is 75.3 Å². The molecular weight excluding hydrogens is 240 g/mol. The molecule has 0 spiro atoms. The van der Waals surface area contributed by atoms with E-state index in [-0.39, 0.29) is 16.7 Å². The van der Waals surface area contributed by atoms with Gasteiger partial charge in [-0.2, -0.15) is 0 Å². The molecule has 0 saturated heterocycles. The number of aromatic hydroxyl groups is 1. The SMILES string of the molecule is CCC(C)CC(C)(C)c1ccc(O)c(C(=O)NN)c1. The summed E-state index contributed by atoms with van der Waals surface area (Å²) in [6.07, 6.45) is 2.15. The molecule has 0 heterocycles. The van der Waals surface area contributed by atoms with Crippen molar-refractivity contribution in [2.75, 3.05) is 0 Å². The number of rotatable bonds is 5. The van der Waals surface area contributed by atoms with Gasteiger partial charge in [-0.3, -0.25) is 10.2 Å². The van der Waals surface area contributed by atoms with Crippen LogP contribution in [0.3, 0.4) is 0 Å². The summed E-state index contributed by atoms with van der Waals surface area (Å²) in [6.45, 7) is 8.69. The third-order valence-corrected chi connectivity index (χ3v) is 3.71. The molecule has 4 N–H and O–H groups in total. The number of hydrogen-bond donors (Lipinski definition) is 3. The maximum absolute atomic E-state index is 11.6. The molecule has 1 atom stereocenters. The van der Waals surface area contributed by atoms with Gasteiger partial charge < -0.3 is 5.11 Å². The van der Waals surface area contributed by atoms with E-state index in [1.54, 1.807) is 12.1 Å². The number of carbonyl (C=O) groups is 1. The Kier molecular flexibility index (Phi) is 4.95. The largest absolute Gasteiger partial charge is 0.507 e. The van der Waals surface area contributed by atoms with Gasteiger partial charge in [-0.1, -0.05) is 40.2 Å². The van der Waals surface area contributed by atoms with Gasteiger partial charge in [0.1, 0.15) is 5.75 Å². The molecule has 1 amide bonds. The van der Waals surface area contributed by atoms with E-state index in [9.17, 15) is 9.90 Å². The zero-order valence-corrected chi connectivity index (χ0v) is 12.2. The molecule has 1 rings (SSSR count). The van der Waals surface area contributed by atoms with Crippen molar-refractivity contribution in [3.63, 3.8) is 0 Å². The molecule has 19 heavy (non-hydrogen) atoms. The second-order valence-electron chi connectivity index (χ2n) is 5.81. The van der Waals surface area contributed by atoms with Gasteiger partial charge in [-0.15, -0.1) is 0 Å². The molecule has 1 unspecified atom stereocenters. The van der Waals surface area contributed by atoms with Crippen LogP contribution in [0.2, 0.25) is 0 Å². The molecule has 1 aromatic rings. The Balaban J connectivity index is 3.10. The van der Waals surface area contributed by atoms with Gasteiger partial charge in [-0.25, -0.2) is 5.84 Å². The number of nitrogens with two attached hydrogens (primary N) is 1. The monoisotopic (exact) mass is 264 g/mol. The summed E-state index contributed by atoms with van der Waals surface area (Å²) in [7, 11) is 0. The average Bonchev–Trinajstić information content (AvgIpc) is 2.37. The van der Waals surface area contributed by atoms with E-state index in [2.05, 4.69) is 33.1 Å². The molecule has 1 aromatic carbocycles. The van der Waals surface area contributed by atoms with Crippen molar-refractivity contribution in [2.24, 2.45) is 11.8 Å². The van der Waals surface area contributed by atoms with Crippen LogP contribution in [0.4, 0.5) is 0 Å². The number of benzene rings is 1. The van der Waals surface area contributed by atoms with E-state index in [1.165, 1.54) is 0 Å². The van der Waals surface area contributed by atoms with Crippen molar-refractivity contribution in [2.45, 2.75) is 46.0 Å². The lowest BCUT2D eigenvalue weighted by Crippen LogP contribution is -2.30. The van der Waals surface area contributed by atoms with Gasteiger partial charge in [-0.05, 0) is 35.4 Å². The van der Waals surface area contributed by atoms with Crippen molar-refractivity contribution >= 4 is 5.91 Å². The number of hydrogen-bond acceptors (Lipinski definition) is 3. The Labute approximate surface area is 115 Å². The molecule has 4 heteroatoms. The summed E-state index contributed by atoms with van der Waals surface area (Å²) in [5.41, 5.74) is 3.26. The van der Waals surface area contributed by atoms with Crippen molar-refractivity contribution in [3.8, 4) is 5.75 Å². The normalized spacial score (nSPS) is 13.1. The average molecular weight is 264 g/mol. The van der Waals surface area contributed by atoms with E-state index < -0.39 is 5.91 Å². The van der Waals surface area contributed by atoms with Gasteiger partial charge in [0, 0.05) is 0 Å². The van der Waals surface area contributed by atoms with Gasteiger partial charge in [0.25, 0.3) is 5.91 Å². The smallest absolute Gasteiger partial charge is 0.268 e. The highest BCUT2D eigenvalue weighted by Gasteiger charge is 2.24.